The van der Waals surface area contributed by atoms with Gasteiger partial charge >= 0.3 is 0 Å². The van der Waals surface area contributed by atoms with Crippen LogP contribution in [0.4, 0.5) is 0 Å². The van der Waals surface area contributed by atoms with Crippen molar-refractivity contribution in [3.63, 3.8) is 0 Å². The summed E-state index contributed by atoms with van der Waals surface area (Å²) in [6.45, 7) is 6.55. The molecule has 0 saturated carbocycles. The second-order valence-corrected chi connectivity index (χ2v) is 5.37. The number of carbonyl (C=O) groups is 1. The van der Waals surface area contributed by atoms with Gasteiger partial charge in [-0.2, -0.15) is 0 Å². The van der Waals surface area contributed by atoms with Gasteiger partial charge in [0, 0.05) is 22.8 Å². The van der Waals surface area contributed by atoms with Crippen LogP contribution in [0.15, 0.2) is 6.07 Å². The van der Waals surface area contributed by atoms with Crippen LogP contribution in [-0.2, 0) is 11.3 Å². The highest BCUT2D eigenvalue weighted by Crippen LogP contribution is 2.20. The van der Waals surface area contributed by atoms with E-state index in [4.69, 9.17) is 0 Å². The maximum absolute atomic E-state index is 11.5. The van der Waals surface area contributed by atoms with Crippen LogP contribution in [-0.4, -0.2) is 19.0 Å². The van der Waals surface area contributed by atoms with Crippen molar-refractivity contribution in [1.82, 2.24) is 10.6 Å². The molecule has 0 radical (unpaired) electrons. The average molecular weight is 224 g/mol. The third kappa shape index (κ3) is 2.38. The highest BCUT2D eigenvalue weighted by Gasteiger charge is 2.24. The Kier molecular flexibility index (Phi) is 3.07. The summed E-state index contributed by atoms with van der Waals surface area (Å²) in [5, 5.41) is 6.07. The van der Waals surface area contributed by atoms with E-state index in [0.717, 1.165) is 13.1 Å². The molecule has 3 nitrogen and oxygen atoms in total. The molecule has 2 rings (SSSR count). The fraction of sp³-hybridized carbons (Fsp3) is 0.545. The number of carbonyl (C=O) groups excluding carboxylic acids is 1. The highest BCUT2D eigenvalue weighted by atomic mass is 32.1. The average Bonchev–Trinajstić information content (AvgIpc) is 2.40. The first-order valence-corrected chi connectivity index (χ1v) is 6.03. The molecule has 1 amide bonds. The van der Waals surface area contributed by atoms with Gasteiger partial charge in [-0.05, 0) is 25.5 Å². The molecule has 0 aliphatic carbocycles. The van der Waals surface area contributed by atoms with Crippen molar-refractivity contribution in [3.05, 3.63) is 21.4 Å². The number of hydrogen-bond acceptors (Lipinski definition) is 3. The van der Waals surface area contributed by atoms with Crippen molar-refractivity contribution in [1.29, 1.82) is 0 Å². The SMILES string of the molecule is Cc1cc(CNC(=O)C2CNC2)sc1C. The summed E-state index contributed by atoms with van der Waals surface area (Å²) in [7, 11) is 0. The quantitative estimate of drug-likeness (QED) is 0.810. The lowest BCUT2D eigenvalue weighted by Crippen LogP contribution is -2.50. The predicted molar refractivity (Wildman–Crippen MR) is 62.0 cm³/mol. The molecular weight excluding hydrogens is 208 g/mol. The van der Waals surface area contributed by atoms with Crippen LogP contribution in [0.25, 0.3) is 0 Å². The molecule has 1 saturated heterocycles. The van der Waals surface area contributed by atoms with Gasteiger partial charge in [-0.3, -0.25) is 4.79 Å². The molecule has 0 spiro atoms. The van der Waals surface area contributed by atoms with Gasteiger partial charge in [0.25, 0.3) is 0 Å². The van der Waals surface area contributed by atoms with Crippen LogP contribution in [0.2, 0.25) is 0 Å². The predicted octanol–water partition coefficient (Wildman–Crippen LogP) is 1.20. The molecule has 15 heavy (non-hydrogen) atoms. The zero-order chi connectivity index (χ0) is 10.8. The van der Waals surface area contributed by atoms with E-state index in [1.807, 2.05) is 0 Å². The van der Waals surface area contributed by atoms with Crippen LogP contribution in [0.3, 0.4) is 0 Å². The van der Waals surface area contributed by atoms with E-state index in [2.05, 4.69) is 30.5 Å². The zero-order valence-electron chi connectivity index (χ0n) is 9.09. The summed E-state index contributed by atoms with van der Waals surface area (Å²) in [4.78, 5) is 14.1. The Morgan fingerprint density at radius 2 is 2.33 bits per heavy atom. The Balaban J connectivity index is 1.84. The minimum absolute atomic E-state index is 0.178. The monoisotopic (exact) mass is 224 g/mol. The molecule has 4 heteroatoms. The lowest BCUT2D eigenvalue weighted by Gasteiger charge is -2.25. The Labute approximate surface area is 93.9 Å². The number of amides is 1. The summed E-state index contributed by atoms with van der Waals surface area (Å²) in [6.07, 6.45) is 0. The molecule has 1 aromatic heterocycles. The van der Waals surface area contributed by atoms with Crippen LogP contribution < -0.4 is 10.6 Å². The Morgan fingerprint density at radius 1 is 1.60 bits per heavy atom. The summed E-state index contributed by atoms with van der Waals surface area (Å²) < 4.78 is 0. The van der Waals surface area contributed by atoms with E-state index in [0.29, 0.717) is 6.54 Å². The van der Waals surface area contributed by atoms with Crippen LogP contribution in [0.1, 0.15) is 15.3 Å². The van der Waals surface area contributed by atoms with Gasteiger partial charge in [0.05, 0.1) is 12.5 Å². The van der Waals surface area contributed by atoms with Gasteiger partial charge in [-0.25, -0.2) is 0 Å². The van der Waals surface area contributed by atoms with Crippen molar-refractivity contribution < 1.29 is 4.79 Å². The largest absolute Gasteiger partial charge is 0.351 e. The summed E-state index contributed by atoms with van der Waals surface area (Å²) in [5.41, 5.74) is 1.31. The lowest BCUT2D eigenvalue weighted by molar-refractivity contribution is -0.126. The molecule has 0 atom stereocenters. The smallest absolute Gasteiger partial charge is 0.225 e. The lowest BCUT2D eigenvalue weighted by atomic mass is 10.0. The number of hydrogen-bond donors (Lipinski definition) is 2. The van der Waals surface area contributed by atoms with Gasteiger partial charge in [-0.15, -0.1) is 11.3 Å². The second-order valence-electron chi connectivity index (χ2n) is 4.02. The fourth-order valence-electron chi connectivity index (χ4n) is 1.53. The maximum Gasteiger partial charge on any atom is 0.225 e. The van der Waals surface area contributed by atoms with Crippen LogP contribution >= 0.6 is 11.3 Å². The van der Waals surface area contributed by atoms with E-state index in [1.54, 1.807) is 11.3 Å². The molecule has 1 aliphatic rings. The first kappa shape index (κ1) is 10.6. The summed E-state index contributed by atoms with van der Waals surface area (Å²) in [5.74, 6) is 0.365. The molecule has 2 N–H and O–H groups in total. The maximum atomic E-state index is 11.5. The van der Waals surface area contributed by atoms with Gasteiger partial charge in [0.15, 0.2) is 0 Å². The first-order valence-electron chi connectivity index (χ1n) is 5.21. The van der Waals surface area contributed by atoms with Crippen LogP contribution in [0.5, 0.6) is 0 Å². The minimum atomic E-state index is 0.178. The first-order chi connectivity index (χ1) is 7.16. The van der Waals surface area contributed by atoms with E-state index >= 15 is 0 Å². The molecule has 1 fully saturated rings. The number of rotatable bonds is 3. The van der Waals surface area contributed by atoms with E-state index in [1.165, 1.54) is 15.3 Å². The topological polar surface area (TPSA) is 41.1 Å². The third-order valence-corrected chi connectivity index (χ3v) is 3.96. The molecule has 82 valence electrons. The van der Waals surface area contributed by atoms with Gasteiger partial charge < -0.3 is 10.6 Å². The summed E-state index contributed by atoms with van der Waals surface area (Å²) >= 11 is 1.76. The highest BCUT2D eigenvalue weighted by molar-refractivity contribution is 7.12. The van der Waals surface area contributed by atoms with Gasteiger partial charge in [0.2, 0.25) is 5.91 Å². The molecule has 1 aliphatic heterocycles. The molecule has 0 bridgehead atoms. The second kappa shape index (κ2) is 4.33. The van der Waals surface area contributed by atoms with E-state index in [9.17, 15) is 4.79 Å². The molecule has 1 aromatic rings. The molecule has 2 heterocycles. The van der Waals surface area contributed by atoms with Crippen molar-refractivity contribution in [2.45, 2.75) is 20.4 Å². The standard InChI is InChI=1S/C11H16N2OS/c1-7-3-10(15-8(7)2)6-13-11(14)9-4-12-5-9/h3,9,12H,4-6H2,1-2H3,(H,13,14). The molecule has 0 aromatic carbocycles. The Hall–Kier alpha value is -0.870. The van der Waals surface area contributed by atoms with E-state index < -0.39 is 0 Å². The Morgan fingerprint density at radius 3 is 2.80 bits per heavy atom. The summed E-state index contributed by atoms with van der Waals surface area (Å²) in [6, 6.07) is 2.15. The van der Waals surface area contributed by atoms with Gasteiger partial charge in [0.1, 0.15) is 0 Å². The number of aryl methyl sites for hydroxylation is 2. The minimum Gasteiger partial charge on any atom is -0.351 e. The van der Waals surface area contributed by atoms with Crippen molar-refractivity contribution in [2.75, 3.05) is 13.1 Å². The normalized spacial score (nSPS) is 16.1. The number of nitrogens with one attached hydrogen (secondary N) is 2. The number of thiophene rings is 1. The molecule has 0 unspecified atom stereocenters. The van der Waals surface area contributed by atoms with Crippen molar-refractivity contribution in [3.8, 4) is 0 Å². The van der Waals surface area contributed by atoms with E-state index in [-0.39, 0.29) is 11.8 Å². The Bertz CT molecular complexity index is 349. The van der Waals surface area contributed by atoms with Gasteiger partial charge in [-0.1, -0.05) is 0 Å². The fourth-order valence-corrected chi connectivity index (χ4v) is 2.52. The van der Waals surface area contributed by atoms with Crippen molar-refractivity contribution >= 4 is 17.2 Å². The zero-order valence-corrected chi connectivity index (χ0v) is 9.91. The van der Waals surface area contributed by atoms with Crippen LogP contribution in [0, 0.1) is 19.8 Å². The molecular formula is C11H16N2OS. The third-order valence-electron chi connectivity index (χ3n) is 2.81. The van der Waals surface area contributed by atoms with Crippen molar-refractivity contribution in [2.24, 2.45) is 5.92 Å².